The average molecular weight is 474 g/mol. The van der Waals surface area contributed by atoms with Gasteiger partial charge in [0.15, 0.2) is 17.0 Å². The number of fused-ring (bicyclic) bond motifs is 1. The fraction of sp³-hybridized carbons (Fsp3) is 0.800. The number of nitrogens with two attached hydrogens (primary N) is 1. The predicted molar refractivity (Wildman–Crippen MR) is 135 cm³/mol. The number of hydrogen-bond acceptors (Lipinski definition) is 8. The maximum absolute atomic E-state index is 6.30. The van der Waals surface area contributed by atoms with E-state index in [-0.39, 0.29) is 6.04 Å². The molecule has 2 aromatic heterocycles. The molecule has 2 aliphatic heterocycles. The molecule has 0 saturated carbocycles. The summed E-state index contributed by atoms with van der Waals surface area (Å²) in [6.07, 6.45) is 11.8. The Kier molecular flexibility index (Phi) is 9.21. The van der Waals surface area contributed by atoms with E-state index in [4.69, 9.17) is 25.2 Å². The summed E-state index contributed by atoms with van der Waals surface area (Å²) < 4.78 is 13.8. The highest BCUT2D eigenvalue weighted by molar-refractivity contribution is 5.83. The Bertz CT molecular complexity index is 891. The molecule has 2 aliphatic rings. The largest absolute Gasteiger partial charge is 0.468 e. The van der Waals surface area contributed by atoms with E-state index in [1.54, 1.807) is 7.11 Å². The Labute approximate surface area is 203 Å². The van der Waals surface area contributed by atoms with Gasteiger partial charge >= 0.3 is 6.01 Å². The molecule has 0 radical (unpaired) electrons. The number of aromatic nitrogens is 4. The maximum atomic E-state index is 6.30. The van der Waals surface area contributed by atoms with Gasteiger partial charge in [-0.05, 0) is 76.5 Å². The molecule has 1 atom stereocenters. The Hall–Kier alpha value is -2.13. The van der Waals surface area contributed by atoms with E-state index in [1.807, 2.05) is 0 Å². The van der Waals surface area contributed by atoms with Crippen molar-refractivity contribution in [2.24, 2.45) is 11.8 Å². The van der Waals surface area contributed by atoms with Gasteiger partial charge in [0.05, 0.1) is 13.7 Å². The summed E-state index contributed by atoms with van der Waals surface area (Å²) in [5, 5.41) is 6.99. The van der Waals surface area contributed by atoms with Gasteiger partial charge in [-0.15, -0.1) is 0 Å². The predicted octanol–water partition coefficient (Wildman–Crippen LogP) is 3.70. The van der Waals surface area contributed by atoms with Crippen LogP contribution in [0, 0.1) is 11.8 Å². The second-order valence-electron chi connectivity index (χ2n) is 9.87. The molecule has 9 heteroatoms. The average Bonchev–Trinajstić information content (AvgIpc) is 3.24. The zero-order chi connectivity index (χ0) is 23.8. The lowest BCUT2D eigenvalue weighted by molar-refractivity contribution is 0.222. The zero-order valence-corrected chi connectivity index (χ0v) is 21.0. The van der Waals surface area contributed by atoms with Gasteiger partial charge in [0.1, 0.15) is 0 Å². The summed E-state index contributed by atoms with van der Waals surface area (Å²) in [4.78, 5) is 13.8. The highest BCUT2D eigenvalue weighted by Crippen LogP contribution is 2.38. The standard InChI is InChI=1S/C25H43N7O2/c1-3-4-17-34-24-30-22(26)21-23(31-24)32(25(29-21)33-2)20(19-11-15-28-16-12-19)8-6-5-7-18-9-13-27-14-10-18/h18-20,27-28H,3-17H2,1-2H3,(H2,26,30,31). The lowest BCUT2D eigenvalue weighted by Crippen LogP contribution is -2.33. The summed E-state index contributed by atoms with van der Waals surface area (Å²) in [5.41, 5.74) is 7.64. The van der Waals surface area contributed by atoms with E-state index in [1.165, 1.54) is 45.2 Å². The van der Waals surface area contributed by atoms with Crippen LogP contribution < -0.4 is 25.8 Å². The monoisotopic (exact) mass is 473 g/mol. The van der Waals surface area contributed by atoms with Crippen molar-refractivity contribution in [3.05, 3.63) is 0 Å². The number of nitrogens with one attached hydrogen (secondary N) is 2. The highest BCUT2D eigenvalue weighted by atomic mass is 16.5. The van der Waals surface area contributed by atoms with Crippen molar-refractivity contribution in [3.63, 3.8) is 0 Å². The molecule has 0 bridgehead atoms. The second-order valence-corrected chi connectivity index (χ2v) is 9.87. The second kappa shape index (κ2) is 12.5. The third-order valence-electron chi connectivity index (χ3n) is 7.51. The van der Waals surface area contributed by atoms with Gasteiger partial charge in [-0.2, -0.15) is 15.0 Å². The molecule has 0 aliphatic carbocycles. The fourth-order valence-electron chi connectivity index (χ4n) is 5.53. The van der Waals surface area contributed by atoms with Crippen LogP contribution in [0.25, 0.3) is 11.2 Å². The zero-order valence-electron chi connectivity index (χ0n) is 21.0. The third kappa shape index (κ3) is 6.10. The highest BCUT2D eigenvalue weighted by Gasteiger charge is 2.30. The van der Waals surface area contributed by atoms with E-state index in [0.717, 1.165) is 56.8 Å². The SMILES string of the molecule is CCCCOc1nc(N)c2nc(OC)n(C(CCCCC3CCNCC3)C3CCNCC3)c2n1. The van der Waals surface area contributed by atoms with Crippen molar-refractivity contribution < 1.29 is 9.47 Å². The summed E-state index contributed by atoms with van der Waals surface area (Å²) in [5.74, 6) is 1.77. The van der Waals surface area contributed by atoms with Crippen LogP contribution in [-0.2, 0) is 0 Å². The van der Waals surface area contributed by atoms with Crippen molar-refractivity contribution in [1.29, 1.82) is 0 Å². The number of methoxy groups -OCH3 is 1. The molecule has 9 nitrogen and oxygen atoms in total. The summed E-state index contributed by atoms with van der Waals surface area (Å²) >= 11 is 0. The minimum atomic E-state index is 0.271. The fourth-order valence-corrected chi connectivity index (χ4v) is 5.53. The number of nitrogens with zero attached hydrogens (tertiary/aromatic N) is 4. The molecule has 2 fully saturated rings. The van der Waals surface area contributed by atoms with Gasteiger partial charge in [-0.25, -0.2) is 0 Å². The lowest BCUT2D eigenvalue weighted by atomic mass is 9.86. The molecule has 0 amide bonds. The van der Waals surface area contributed by atoms with E-state index >= 15 is 0 Å². The molecule has 4 rings (SSSR count). The number of anilines is 1. The van der Waals surface area contributed by atoms with Crippen LogP contribution in [0.1, 0.15) is 77.2 Å². The van der Waals surface area contributed by atoms with Gasteiger partial charge in [0.2, 0.25) is 0 Å². The van der Waals surface area contributed by atoms with Crippen LogP contribution in [0.4, 0.5) is 5.82 Å². The Morgan fingerprint density at radius 1 is 1.00 bits per heavy atom. The minimum Gasteiger partial charge on any atom is -0.468 e. The van der Waals surface area contributed by atoms with E-state index < -0.39 is 0 Å². The van der Waals surface area contributed by atoms with E-state index in [0.29, 0.717) is 35.9 Å². The molecule has 34 heavy (non-hydrogen) atoms. The number of imidazole rings is 1. The summed E-state index contributed by atoms with van der Waals surface area (Å²) in [6, 6.07) is 1.17. The molecule has 1 unspecified atom stereocenters. The third-order valence-corrected chi connectivity index (χ3v) is 7.51. The molecule has 2 aromatic rings. The van der Waals surface area contributed by atoms with Crippen LogP contribution in [0.15, 0.2) is 0 Å². The topological polar surface area (TPSA) is 112 Å². The Morgan fingerprint density at radius 3 is 2.44 bits per heavy atom. The molecular formula is C25H43N7O2. The van der Waals surface area contributed by atoms with E-state index in [2.05, 4.69) is 27.1 Å². The van der Waals surface area contributed by atoms with E-state index in [9.17, 15) is 0 Å². The Morgan fingerprint density at radius 2 is 1.74 bits per heavy atom. The molecule has 4 heterocycles. The number of unbranched alkanes of at least 4 members (excludes halogenated alkanes) is 2. The van der Waals surface area contributed by atoms with Crippen molar-refractivity contribution in [2.45, 2.75) is 77.2 Å². The van der Waals surface area contributed by atoms with Gasteiger partial charge < -0.3 is 25.8 Å². The smallest absolute Gasteiger partial charge is 0.320 e. The molecule has 0 spiro atoms. The summed E-state index contributed by atoms with van der Waals surface area (Å²) in [6.45, 7) is 7.16. The van der Waals surface area contributed by atoms with Crippen molar-refractivity contribution in [1.82, 2.24) is 30.2 Å². The first-order valence-electron chi connectivity index (χ1n) is 13.3. The first kappa shape index (κ1) is 25.0. The number of piperidine rings is 2. The molecule has 2 saturated heterocycles. The van der Waals surface area contributed by atoms with Gasteiger partial charge in [0.25, 0.3) is 6.01 Å². The number of rotatable bonds is 12. The normalized spacial score (nSPS) is 18.9. The number of hydrogen-bond donors (Lipinski definition) is 3. The molecule has 190 valence electrons. The molecule has 4 N–H and O–H groups in total. The van der Waals surface area contributed by atoms with Crippen LogP contribution in [0.2, 0.25) is 0 Å². The van der Waals surface area contributed by atoms with Gasteiger partial charge in [-0.3, -0.25) is 4.57 Å². The molecular weight excluding hydrogens is 430 g/mol. The van der Waals surface area contributed by atoms with Gasteiger partial charge in [0, 0.05) is 6.04 Å². The first-order valence-corrected chi connectivity index (χ1v) is 13.3. The minimum absolute atomic E-state index is 0.271. The van der Waals surface area contributed by atoms with Crippen LogP contribution in [-0.4, -0.2) is 59.4 Å². The Balaban J connectivity index is 1.57. The van der Waals surface area contributed by atoms with Crippen LogP contribution >= 0.6 is 0 Å². The van der Waals surface area contributed by atoms with Crippen molar-refractivity contribution >= 4 is 17.0 Å². The van der Waals surface area contributed by atoms with Gasteiger partial charge in [-0.1, -0.05) is 32.6 Å². The quantitative estimate of drug-likeness (QED) is 0.400. The van der Waals surface area contributed by atoms with Crippen LogP contribution in [0.5, 0.6) is 12.0 Å². The molecule has 0 aromatic carbocycles. The maximum Gasteiger partial charge on any atom is 0.320 e. The van der Waals surface area contributed by atoms with Crippen molar-refractivity contribution in [2.75, 3.05) is 45.6 Å². The number of nitrogen functional groups attached to an aromatic ring is 1. The van der Waals surface area contributed by atoms with Crippen LogP contribution in [0.3, 0.4) is 0 Å². The van der Waals surface area contributed by atoms with Crippen molar-refractivity contribution in [3.8, 4) is 12.0 Å². The first-order chi connectivity index (χ1) is 16.7. The summed E-state index contributed by atoms with van der Waals surface area (Å²) in [7, 11) is 1.68. The number of ether oxygens (including phenoxy) is 2. The lowest BCUT2D eigenvalue weighted by Gasteiger charge is -2.32.